The van der Waals surface area contributed by atoms with Crippen LogP contribution in [0, 0.1) is 5.92 Å². The van der Waals surface area contributed by atoms with Crippen LogP contribution in [-0.2, 0) is 30.4 Å². The summed E-state index contributed by atoms with van der Waals surface area (Å²) in [4.78, 5) is 102. The maximum absolute atomic E-state index is 14.0. The van der Waals surface area contributed by atoms with Crippen LogP contribution in [0.5, 0.6) is 0 Å². The Morgan fingerprint density at radius 3 is 2.22 bits per heavy atom. The number of benzene rings is 2. The van der Waals surface area contributed by atoms with Gasteiger partial charge in [-0.3, -0.25) is 33.6 Å². The van der Waals surface area contributed by atoms with Gasteiger partial charge in [-0.05, 0) is 62.4 Å². The van der Waals surface area contributed by atoms with Gasteiger partial charge in [-0.25, -0.2) is 4.98 Å². The van der Waals surface area contributed by atoms with Gasteiger partial charge in [-0.2, -0.15) is 0 Å². The zero-order valence-electron chi connectivity index (χ0n) is 31.7. The van der Waals surface area contributed by atoms with Crippen LogP contribution >= 0.6 is 11.3 Å². The van der Waals surface area contributed by atoms with Gasteiger partial charge in [0.15, 0.2) is 0 Å². The summed E-state index contributed by atoms with van der Waals surface area (Å²) >= 11 is 1.17. The van der Waals surface area contributed by atoms with Crippen LogP contribution in [0.3, 0.4) is 0 Å². The monoisotopic (exact) mass is 772 g/mol. The van der Waals surface area contributed by atoms with Crippen LogP contribution in [0.25, 0.3) is 0 Å². The van der Waals surface area contributed by atoms with Crippen molar-refractivity contribution in [3.63, 3.8) is 0 Å². The van der Waals surface area contributed by atoms with Crippen LogP contribution in [-0.4, -0.2) is 107 Å². The van der Waals surface area contributed by atoms with Crippen molar-refractivity contribution in [1.82, 2.24) is 36.1 Å². The average Bonchev–Trinajstić information content (AvgIpc) is 3.84. The van der Waals surface area contributed by atoms with E-state index in [0.717, 1.165) is 12.0 Å². The molecule has 0 unspecified atom stereocenters. The topological polar surface area (TPSA) is 190 Å². The minimum absolute atomic E-state index is 0.0142. The Morgan fingerprint density at radius 2 is 1.56 bits per heavy atom. The van der Waals surface area contributed by atoms with E-state index < -0.39 is 59.6 Å². The highest BCUT2D eigenvalue weighted by Crippen LogP contribution is 2.24. The molecule has 4 N–H and O–H groups in total. The van der Waals surface area contributed by atoms with Gasteiger partial charge < -0.3 is 36.0 Å². The summed E-state index contributed by atoms with van der Waals surface area (Å²) in [6, 6.07) is 12.3. The summed E-state index contributed by atoms with van der Waals surface area (Å²) in [5, 5.41) is 13.0. The molecule has 1 aromatic heterocycles. The number of anilines is 1. The molecular weight excluding hydrogens is 725 g/mol. The lowest BCUT2D eigenvalue weighted by Crippen LogP contribution is -2.57. The van der Waals surface area contributed by atoms with E-state index in [9.17, 15) is 33.6 Å². The van der Waals surface area contributed by atoms with Gasteiger partial charge in [0.2, 0.25) is 29.5 Å². The Bertz CT molecular complexity index is 1900. The quantitative estimate of drug-likeness (QED) is 0.303. The third kappa shape index (κ3) is 10.3. The summed E-state index contributed by atoms with van der Waals surface area (Å²) in [6.45, 7) is 6.72. The number of hydrogen-bond donors (Lipinski definition) is 4. The van der Waals surface area contributed by atoms with Crippen LogP contribution in [0.15, 0.2) is 60.0 Å². The first-order chi connectivity index (χ1) is 26.2. The second-order valence-electron chi connectivity index (χ2n) is 14.2. The summed E-state index contributed by atoms with van der Waals surface area (Å²) in [6.07, 6.45) is 1.55. The predicted molar refractivity (Wildman–Crippen MR) is 206 cm³/mol. The number of likely N-dealkylation sites (N-methyl/N-ethyl adjacent to an activating group) is 1. The van der Waals surface area contributed by atoms with Gasteiger partial charge in [0.05, 0.1) is 12.6 Å². The van der Waals surface area contributed by atoms with Gasteiger partial charge in [0, 0.05) is 49.7 Å². The van der Waals surface area contributed by atoms with Crippen molar-refractivity contribution in [2.24, 2.45) is 5.92 Å². The number of nitrogens with zero attached hydrogens (tertiary/aromatic N) is 4. The predicted octanol–water partition coefficient (Wildman–Crippen LogP) is 2.05. The molecule has 7 amide bonds. The Hall–Kier alpha value is -5.64. The molecule has 0 spiro atoms. The molecule has 0 saturated carbocycles. The number of aromatic nitrogens is 1. The lowest BCUT2D eigenvalue weighted by Gasteiger charge is -2.29. The minimum Gasteiger partial charge on any atom is -0.345 e. The highest BCUT2D eigenvalue weighted by atomic mass is 32.1. The molecule has 3 aromatic rings. The Balaban J connectivity index is 1.46. The fourth-order valence-corrected chi connectivity index (χ4v) is 7.23. The lowest BCUT2D eigenvalue weighted by atomic mass is 10.0. The first kappa shape index (κ1) is 40.5. The summed E-state index contributed by atoms with van der Waals surface area (Å²) < 4.78 is 0. The first-order valence-corrected chi connectivity index (χ1v) is 19.2. The number of fused-ring (bicyclic) bond motifs is 2. The van der Waals surface area contributed by atoms with Crippen LogP contribution in [0.4, 0.5) is 5.69 Å². The first-order valence-electron chi connectivity index (χ1n) is 18.4. The molecule has 0 aliphatic carbocycles. The fraction of sp³-hybridized carbons (Fsp3) is 0.436. The highest BCUT2D eigenvalue weighted by Gasteiger charge is 2.31. The molecule has 0 radical (unpaired) electrons. The van der Waals surface area contributed by atoms with Crippen molar-refractivity contribution in [3.8, 4) is 0 Å². The van der Waals surface area contributed by atoms with E-state index >= 15 is 0 Å². The van der Waals surface area contributed by atoms with Gasteiger partial charge in [-0.15, -0.1) is 11.3 Å². The number of carbonyl (C=O) groups excluding carboxylic acids is 7. The number of carbonyl (C=O) groups is 7. The van der Waals surface area contributed by atoms with E-state index in [1.54, 1.807) is 48.4 Å². The molecule has 4 atom stereocenters. The molecule has 16 heteroatoms. The second kappa shape index (κ2) is 18.1. The second-order valence-corrected chi connectivity index (χ2v) is 15.1. The molecule has 15 nitrogen and oxygen atoms in total. The van der Waals surface area contributed by atoms with Crippen LogP contribution in [0.2, 0.25) is 0 Å². The molecular formula is C39H48N8O7S. The van der Waals surface area contributed by atoms with Crippen LogP contribution in [0.1, 0.15) is 78.0 Å². The molecule has 2 bridgehead atoms. The maximum atomic E-state index is 14.0. The van der Waals surface area contributed by atoms with E-state index in [-0.39, 0.29) is 42.7 Å². The smallest absolute Gasteiger partial charge is 0.271 e. The van der Waals surface area contributed by atoms with Crippen molar-refractivity contribution in [3.05, 3.63) is 81.8 Å². The van der Waals surface area contributed by atoms with Gasteiger partial charge in [0.1, 0.15) is 28.8 Å². The SMILES string of the molecule is CC(C)[C@@H]1NC(=O)[C@H](C)NC(=O)c2csc(n2)[C@H](Cc2ccccc2)NC(=O)CN(C(=O)c2ccc(N3CCCC3=O)cc2)CCN(C)C(=O)[C@@H](C)NC1=O. The van der Waals surface area contributed by atoms with E-state index in [1.807, 2.05) is 30.3 Å². The maximum Gasteiger partial charge on any atom is 0.271 e. The molecule has 2 aliphatic heterocycles. The highest BCUT2D eigenvalue weighted by molar-refractivity contribution is 7.09. The van der Waals surface area contributed by atoms with Gasteiger partial charge in [0.25, 0.3) is 11.8 Å². The normalized spacial score (nSPS) is 22.5. The van der Waals surface area contributed by atoms with Crippen molar-refractivity contribution < 1.29 is 33.6 Å². The van der Waals surface area contributed by atoms with Crippen molar-refractivity contribution in [2.45, 2.75) is 71.1 Å². The summed E-state index contributed by atoms with van der Waals surface area (Å²) in [5.74, 6) is -3.56. The van der Waals surface area contributed by atoms with E-state index in [2.05, 4.69) is 26.3 Å². The number of rotatable bonds is 5. The number of hydrogen-bond acceptors (Lipinski definition) is 9. The van der Waals surface area contributed by atoms with Crippen molar-refractivity contribution in [2.75, 3.05) is 38.1 Å². The third-order valence-electron chi connectivity index (χ3n) is 9.59. The summed E-state index contributed by atoms with van der Waals surface area (Å²) in [5.41, 5.74) is 1.90. The van der Waals surface area contributed by atoms with E-state index in [1.165, 1.54) is 42.0 Å². The molecule has 55 heavy (non-hydrogen) atoms. The minimum atomic E-state index is -1.03. The molecule has 292 valence electrons. The van der Waals surface area contributed by atoms with Crippen molar-refractivity contribution in [1.29, 1.82) is 0 Å². The number of nitrogens with one attached hydrogen (secondary N) is 4. The molecule has 5 rings (SSSR count). The molecule has 1 fully saturated rings. The largest absolute Gasteiger partial charge is 0.345 e. The number of thiazole rings is 1. The van der Waals surface area contributed by atoms with Gasteiger partial charge >= 0.3 is 0 Å². The molecule has 2 aromatic carbocycles. The third-order valence-corrected chi connectivity index (χ3v) is 10.5. The Morgan fingerprint density at radius 1 is 0.855 bits per heavy atom. The van der Waals surface area contributed by atoms with Crippen molar-refractivity contribution >= 4 is 58.4 Å². The van der Waals surface area contributed by atoms with E-state index in [4.69, 9.17) is 0 Å². The Labute approximate surface area is 324 Å². The fourth-order valence-electron chi connectivity index (χ4n) is 6.38. The molecule has 3 heterocycles. The zero-order chi connectivity index (χ0) is 39.8. The van der Waals surface area contributed by atoms with Gasteiger partial charge in [-0.1, -0.05) is 44.2 Å². The van der Waals surface area contributed by atoms with E-state index in [0.29, 0.717) is 30.1 Å². The molecule has 1 saturated heterocycles. The lowest BCUT2D eigenvalue weighted by molar-refractivity contribution is -0.136. The zero-order valence-corrected chi connectivity index (χ0v) is 32.5. The molecule has 2 aliphatic rings. The Kier molecular flexibility index (Phi) is 13.4. The number of amides is 7. The summed E-state index contributed by atoms with van der Waals surface area (Å²) in [7, 11) is 1.53. The standard InChI is InChI=1S/C39H48N8O7S/c1-23(2)33-36(52)41-25(4)38(53)45(5)18-19-46(39(54)27-13-15-28(16-14-27)47-17-9-12-32(47)49)21-31(48)42-29(20-26-10-7-6-8-11-26)37-43-30(22-55-37)35(51)40-24(3)34(50)44-33/h6-8,10-11,13-16,22-25,29,33H,9,12,17-21H2,1-5H3,(H,40,51)(H,41,52)(H,42,48)(H,44,50)/t24-,25+,29-,33-/m0/s1. The average molecular weight is 773 g/mol. The van der Waals surface area contributed by atoms with Crippen LogP contribution < -0.4 is 26.2 Å².